The molecule has 6 rings (SSSR count). The standard InChI is InChI=1S/C33H24N6O/c1-22-6-18-31-25(20-22)8-19-32(33(31)40)39-37-29-16-14-27(15-17-29)35-34-26-10-12-28(13-11-26)36-38-30-9-7-23-4-2-3-5-24(23)21-30/h2-21,40H,1H3. The van der Waals surface area contributed by atoms with Crippen LogP contribution in [0.15, 0.2) is 152 Å². The van der Waals surface area contributed by atoms with Crippen molar-refractivity contribution in [3.8, 4) is 5.75 Å². The van der Waals surface area contributed by atoms with Gasteiger partial charge in [0.25, 0.3) is 0 Å². The van der Waals surface area contributed by atoms with E-state index in [4.69, 9.17) is 0 Å². The van der Waals surface area contributed by atoms with Crippen LogP contribution in [0, 0.1) is 6.92 Å². The number of hydrogen-bond donors (Lipinski definition) is 1. The van der Waals surface area contributed by atoms with Crippen LogP contribution in [0.25, 0.3) is 21.5 Å². The van der Waals surface area contributed by atoms with E-state index < -0.39 is 0 Å². The molecule has 0 aliphatic rings. The van der Waals surface area contributed by atoms with E-state index in [2.05, 4.69) is 42.8 Å². The van der Waals surface area contributed by atoms with Crippen molar-refractivity contribution >= 4 is 55.7 Å². The summed E-state index contributed by atoms with van der Waals surface area (Å²) in [4.78, 5) is 0. The van der Waals surface area contributed by atoms with Crippen molar-refractivity contribution < 1.29 is 5.11 Å². The van der Waals surface area contributed by atoms with Crippen molar-refractivity contribution in [3.63, 3.8) is 0 Å². The maximum atomic E-state index is 10.6. The Kier molecular flexibility index (Phi) is 6.84. The third-order valence-electron chi connectivity index (χ3n) is 6.39. The van der Waals surface area contributed by atoms with Gasteiger partial charge in [0.1, 0.15) is 5.69 Å². The fourth-order valence-corrected chi connectivity index (χ4v) is 4.26. The zero-order chi connectivity index (χ0) is 27.3. The number of hydrogen-bond acceptors (Lipinski definition) is 7. The van der Waals surface area contributed by atoms with Crippen molar-refractivity contribution in [2.45, 2.75) is 6.92 Å². The number of aryl methyl sites for hydroxylation is 1. The van der Waals surface area contributed by atoms with E-state index in [0.717, 1.165) is 33.1 Å². The molecule has 0 amide bonds. The van der Waals surface area contributed by atoms with E-state index in [1.807, 2.05) is 97.9 Å². The Morgan fingerprint density at radius 2 is 0.925 bits per heavy atom. The number of nitrogens with zero attached hydrogens (tertiary/aromatic N) is 6. The second-order valence-corrected chi connectivity index (χ2v) is 9.32. The van der Waals surface area contributed by atoms with Crippen LogP contribution < -0.4 is 0 Å². The van der Waals surface area contributed by atoms with Crippen molar-refractivity contribution in [2.24, 2.45) is 30.7 Å². The summed E-state index contributed by atoms with van der Waals surface area (Å²) in [6.45, 7) is 2.02. The molecule has 1 N–H and O–H groups in total. The number of aromatic hydroxyl groups is 1. The Morgan fingerprint density at radius 1 is 0.425 bits per heavy atom. The first-order chi connectivity index (χ1) is 19.6. The van der Waals surface area contributed by atoms with Gasteiger partial charge in [-0.2, -0.15) is 25.6 Å². The van der Waals surface area contributed by atoms with Gasteiger partial charge in [-0.15, -0.1) is 5.11 Å². The number of fused-ring (bicyclic) bond motifs is 2. The number of phenols is 1. The van der Waals surface area contributed by atoms with Crippen LogP contribution in [0.3, 0.4) is 0 Å². The van der Waals surface area contributed by atoms with Gasteiger partial charge < -0.3 is 5.11 Å². The SMILES string of the molecule is Cc1ccc2c(O)c(N=Nc3ccc(N=Nc4ccc(N=Nc5ccc6ccccc6c5)cc4)cc3)ccc2c1. The van der Waals surface area contributed by atoms with E-state index in [1.54, 1.807) is 18.2 Å². The summed E-state index contributed by atoms with van der Waals surface area (Å²) < 4.78 is 0. The van der Waals surface area contributed by atoms with Crippen molar-refractivity contribution in [3.05, 3.63) is 127 Å². The molecule has 6 aromatic rings. The third kappa shape index (κ3) is 5.63. The fourth-order valence-electron chi connectivity index (χ4n) is 4.26. The second kappa shape index (κ2) is 11.0. The summed E-state index contributed by atoms with van der Waals surface area (Å²) >= 11 is 0. The molecule has 0 aliphatic heterocycles. The van der Waals surface area contributed by atoms with Crippen molar-refractivity contribution in [1.29, 1.82) is 0 Å². The molecular weight excluding hydrogens is 496 g/mol. The van der Waals surface area contributed by atoms with Crippen molar-refractivity contribution in [1.82, 2.24) is 0 Å². The second-order valence-electron chi connectivity index (χ2n) is 9.32. The average Bonchev–Trinajstić information content (AvgIpc) is 2.99. The first-order valence-corrected chi connectivity index (χ1v) is 12.8. The minimum Gasteiger partial charge on any atom is -0.505 e. The molecule has 0 saturated heterocycles. The highest BCUT2D eigenvalue weighted by Crippen LogP contribution is 2.36. The van der Waals surface area contributed by atoms with E-state index in [9.17, 15) is 5.11 Å². The predicted octanol–water partition coefficient (Wildman–Crippen LogP) is 11.3. The van der Waals surface area contributed by atoms with E-state index in [1.165, 1.54) is 5.39 Å². The Bertz CT molecular complexity index is 1910. The topological polar surface area (TPSA) is 94.4 Å². The van der Waals surface area contributed by atoms with Gasteiger partial charge in [-0.05, 0) is 89.8 Å². The Balaban J connectivity index is 1.09. The highest BCUT2D eigenvalue weighted by Gasteiger charge is 2.06. The highest BCUT2D eigenvalue weighted by molar-refractivity contribution is 5.92. The Morgan fingerprint density at radius 3 is 1.55 bits per heavy atom. The number of phenolic OH excluding ortho intramolecular Hbond substituents is 1. The zero-order valence-electron chi connectivity index (χ0n) is 21.7. The molecule has 40 heavy (non-hydrogen) atoms. The lowest BCUT2D eigenvalue weighted by molar-refractivity contribution is 0.482. The average molecular weight is 521 g/mol. The van der Waals surface area contributed by atoms with Crippen LogP contribution >= 0.6 is 0 Å². The van der Waals surface area contributed by atoms with Gasteiger partial charge in [0, 0.05) is 5.39 Å². The minimum atomic E-state index is 0.118. The first-order valence-electron chi connectivity index (χ1n) is 12.8. The number of benzene rings is 6. The van der Waals surface area contributed by atoms with Crippen LogP contribution in [0.5, 0.6) is 5.75 Å². The van der Waals surface area contributed by atoms with Gasteiger partial charge in [-0.1, -0.05) is 60.2 Å². The van der Waals surface area contributed by atoms with E-state index >= 15 is 0 Å². The van der Waals surface area contributed by atoms with Crippen molar-refractivity contribution in [2.75, 3.05) is 0 Å². The third-order valence-corrected chi connectivity index (χ3v) is 6.39. The van der Waals surface area contributed by atoms with Gasteiger partial charge in [-0.3, -0.25) is 0 Å². The smallest absolute Gasteiger partial charge is 0.150 e. The molecule has 0 spiro atoms. The molecule has 0 saturated carbocycles. The summed E-state index contributed by atoms with van der Waals surface area (Å²) in [6.07, 6.45) is 0. The molecule has 0 radical (unpaired) electrons. The zero-order valence-corrected chi connectivity index (χ0v) is 21.7. The molecule has 0 heterocycles. The Hall–Kier alpha value is -5.56. The fraction of sp³-hybridized carbons (Fsp3) is 0.0303. The molecule has 0 bridgehead atoms. The lowest BCUT2D eigenvalue weighted by Gasteiger charge is -2.04. The molecule has 192 valence electrons. The first kappa shape index (κ1) is 24.8. The summed E-state index contributed by atoms with van der Waals surface area (Å²) in [7, 11) is 0. The van der Waals surface area contributed by atoms with Crippen LogP contribution in [-0.4, -0.2) is 5.11 Å². The summed E-state index contributed by atoms with van der Waals surface area (Å²) in [5.41, 5.74) is 5.11. The lowest BCUT2D eigenvalue weighted by Crippen LogP contribution is -1.77. The van der Waals surface area contributed by atoms with E-state index in [0.29, 0.717) is 22.7 Å². The molecule has 0 atom stereocenters. The van der Waals surface area contributed by atoms with Crippen LogP contribution in [0.4, 0.5) is 34.1 Å². The summed E-state index contributed by atoms with van der Waals surface area (Å²) in [5, 5.41) is 40.4. The number of rotatable bonds is 6. The number of azo groups is 3. The molecule has 0 aromatic heterocycles. The van der Waals surface area contributed by atoms with Gasteiger partial charge >= 0.3 is 0 Å². The van der Waals surface area contributed by atoms with Gasteiger partial charge in [-0.25, -0.2) is 0 Å². The van der Waals surface area contributed by atoms with Gasteiger partial charge in [0.2, 0.25) is 0 Å². The molecule has 0 unspecified atom stereocenters. The summed E-state index contributed by atoms with van der Waals surface area (Å²) in [5.74, 6) is 0.118. The Labute approximate surface area is 230 Å². The molecule has 7 nitrogen and oxygen atoms in total. The largest absolute Gasteiger partial charge is 0.505 e. The molecule has 0 aliphatic carbocycles. The molecule has 6 aromatic carbocycles. The van der Waals surface area contributed by atoms with Gasteiger partial charge in [0.05, 0.1) is 28.4 Å². The minimum absolute atomic E-state index is 0.118. The van der Waals surface area contributed by atoms with E-state index in [-0.39, 0.29) is 5.75 Å². The molecule has 7 heteroatoms. The monoisotopic (exact) mass is 520 g/mol. The molecule has 0 fully saturated rings. The predicted molar refractivity (Wildman–Crippen MR) is 160 cm³/mol. The maximum Gasteiger partial charge on any atom is 0.150 e. The van der Waals surface area contributed by atoms with Crippen LogP contribution in [0.2, 0.25) is 0 Å². The van der Waals surface area contributed by atoms with Gasteiger partial charge in [0.15, 0.2) is 5.75 Å². The molecular formula is C33H24N6O. The van der Waals surface area contributed by atoms with Crippen LogP contribution in [-0.2, 0) is 0 Å². The summed E-state index contributed by atoms with van der Waals surface area (Å²) in [6, 6.07) is 38.4. The quantitative estimate of drug-likeness (QED) is 0.217. The maximum absolute atomic E-state index is 10.6. The highest BCUT2D eigenvalue weighted by atomic mass is 16.3. The van der Waals surface area contributed by atoms with Crippen LogP contribution in [0.1, 0.15) is 5.56 Å². The lowest BCUT2D eigenvalue weighted by atomic mass is 10.1. The normalized spacial score (nSPS) is 11.9.